The number of nitrogens with zero attached hydrogens (tertiary/aromatic N) is 1. The van der Waals surface area contributed by atoms with Crippen LogP contribution in [-0.2, 0) is 12.8 Å². The average Bonchev–Trinajstić information content (AvgIpc) is 2.48. The van der Waals surface area contributed by atoms with E-state index in [1.54, 1.807) is 0 Å². The van der Waals surface area contributed by atoms with E-state index in [1.165, 1.54) is 11.1 Å². The van der Waals surface area contributed by atoms with Gasteiger partial charge in [0.1, 0.15) is 0 Å². The first-order valence-electron chi connectivity index (χ1n) is 4.53. The standard InChI is InChI=1S/C8H10N2.C2H6/c9-8-3-6-1-2-10-5-7(6)4-8;1-2/h1-2,5,8H,3-4,9H2;1-2H3. The van der Waals surface area contributed by atoms with Crippen molar-refractivity contribution in [2.45, 2.75) is 32.7 Å². The molecule has 1 unspecified atom stereocenters. The van der Waals surface area contributed by atoms with E-state index in [1.807, 2.05) is 26.2 Å². The molecule has 0 saturated carbocycles. The van der Waals surface area contributed by atoms with Crippen molar-refractivity contribution in [2.75, 3.05) is 0 Å². The lowest BCUT2D eigenvalue weighted by atomic mass is 10.2. The summed E-state index contributed by atoms with van der Waals surface area (Å²) < 4.78 is 0. The van der Waals surface area contributed by atoms with Gasteiger partial charge in [0.15, 0.2) is 0 Å². The molecule has 1 aliphatic rings. The molecule has 0 saturated heterocycles. The van der Waals surface area contributed by atoms with Gasteiger partial charge in [-0.15, -0.1) is 0 Å². The molecular formula is C10H16N2. The topological polar surface area (TPSA) is 38.9 Å². The third-order valence-electron chi connectivity index (χ3n) is 1.97. The lowest BCUT2D eigenvalue weighted by Crippen LogP contribution is -2.18. The zero-order valence-electron chi connectivity index (χ0n) is 7.75. The molecule has 1 aliphatic carbocycles. The predicted molar refractivity (Wildman–Crippen MR) is 51.0 cm³/mol. The Balaban J connectivity index is 0.000000336. The van der Waals surface area contributed by atoms with Crippen molar-refractivity contribution in [3.63, 3.8) is 0 Å². The molecular weight excluding hydrogens is 148 g/mol. The van der Waals surface area contributed by atoms with Crippen molar-refractivity contribution in [1.82, 2.24) is 4.98 Å². The molecule has 0 amide bonds. The predicted octanol–water partition coefficient (Wildman–Crippen LogP) is 1.53. The summed E-state index contributed by atoms with van der Waals surface area (Å²) in [5.74, 6) is 0. The zero-order valence-corrected chi connectivity index (χ0v) is 7.75. The monoisotopic (exact) mass is 164 g/mol. The van der Waals surface area contributed by atoms with Gasteiger partial charge in [-0.05, 0) is 30.0 Å². The van der Waals surface area contributed by atoms with E-state index in [4.69, 9.17) is 5.73 Å². The van der Waals surface area contributed by atoms with Crippen LogP contribution in [0.5, 0.6) is 0 Å². The van der Waals surface area contributed by atoms with Crippen molar-refractivity contribution in [3.05, 3.63) is 29.6 Å². The first-order valence-corrected chi connectivity index (χ1v) is 4.53. The highest BCUT2D eigenvalue weighted by atomic mass is 14.7. The van der Waals surface area contributed by atoms with Crippen LogP contribution < -0.4 is 5.73 Å². The van der Waals surface area contributed by atoms with Gasteiger partial charge in [-0.1, -0.05) is 13.8 Å². The normalized spacial score (nSPS) is 19.4. The van der Waals surface area contributed by atoms with E-state index in [2.05, 4.69) is 11.1 Å². The van der Waals surface area contributed by atoms with E-state index in [-0.39, 0.29) is 0 Å². The Labute approximate surface area is 73.8 Å². The summed E-state index contributed by atoms with van der Waals surface area (Å²) in [5.41, 5.74) is 8.46. The van der Waals surface area contributed by atoms with E-state index < -0.39 is 0 Å². The number of hydrogen-bond acceptors (Lipinski definition) is 2. The van der Waals surface area contributed by atoms with Crippen LogP contribution >= 0.6 is 0 Å². The maximum absolute atomic E-state index is 5.76. The molecule has 0 fully saturated rings. The molecule has 2 rings (SSSR count). The van der Waals surface area contributed by atoms with E-state index in [9.17, 15) is 0 Å². The summed E-state index contributed by atoms with van der Waals surface area (Å²) in [7, 11) is 0. The van der Waals surface area contributed by atoms with Crippen LogP contribution in [0.4, 0.5) is 0 Å². The number of fused-ring (bicyclic) bond motifs is 1. The van der Waals surface area contributed by atoms with Crippen LogP contribution in [0.3, 0.4) is 0 Å². The fraction of sp³-hybridized carbons (Fsp3) is 0.500. The Kier molecular flexibility index (Phi) is 3.23. The molecule has 0 aromatic carbocycles. The summed E-state index contributed by atoms with van der Waals surface area (Å²) in [6.45, 7) is 4.00. The lowest BCUT2D eigenvalue weighted by molar-refractivity contribution is 0.721. The summed E-state index contributed by atoms with van der Waals surface area (Å²) in [4.78, 5) is 4.04. The van der Waals surface area contributed by atoms with E-state index in [0.29, 0.717) is 6.04 Å². The molecule has 0 spiro atoms. The minimum Gasteiger partial charge on any atom is -0.327 e. The molecule has 1 aromatic rings. The largest absolute Gasteiger partial charge is 0.327 e. The molecule has 0 bridgehead atoms. The number of pyridine rings is 1. The first kappa shape index (κ1) is 9.20. The van der Waals surface area contributed by atoms with E-state index in [0.717, 1.165) is 12.8 Å². The van der Waals surface area contributed by atoms with Crippen LogP contribution in [0, 0.1) is 0 Å². The number of hydrogen-bond donors (Lipinski definition) is 1. The van der Waals surface area contributed by atoms with Gasteiger partial charge in [-0.2, -0.15) is 0 Å². The third kappa shape index (κ3) is 1.83. The van der Waals surface area contributed by atoms with Crippen LogP contribution in [0.1, 0.15) is 25.0 Å². The maximum atomic E-state index is 5.76. The van der Waals surface area contributed by atoms with Gasteiger partial charge in [-0.25, -0.2) is 0 Å². The average molecular weight is 164 g/mol. The minimum atomic E-state index is 0.333. The van der Waals surface area contributed by atoms with Crippen molar-refractivity contribution in [2.24, 2.45) is 5.73 Å². The quantitative estimate of drug-likeness (QED) is 0.631. The number of nitrogens with two attached hydrogens (primary N) is 1. The first-order chi connectivity index (χ1) is 5.86. The Morgan fingerprint density at radius 1 is 1.33 bits per heavy atom. The van der Waals surface area contributed by atoms with Gasteiger partial charge in [0, 0.05) is 18.4 Å². The second-order valence-electron chi connectivity index (χ2n) is 2.81. The second kappa shape index (κ2) is 4.21. The molecule has 1 atom stereocenters. The molecule has 66 valence electrons. The summed E-state index contributed by atoms with van der Waals surface area (Å²) >= 11 is 0. The lowest BCUT2D eigenvalue weighted by Gasteiger charge is -1.94. The molecule has 0 radical (unpaired) electrons. The van der Waals surface area contributed by atoms with Gasteiger partial charge in [0.2, 0.25) is 0 Å². The van der Waals surface area contributed by atoms with Gasteiger partial charge in [0.05, 0.1) is 0 Å². The van der Waals surface area contributed by atoms with Crippen molar-refractivity contribution in [3.8, 4) is 0 Å². The summed E-state index contributed by atoms with van der Waals surface area (Å²) in [5, 5.41) is 0. The number of aromatic nitrogens is 1. The van der Waals surface area contributed by atoms with E-state index >= 15 is 0 Å². The Hall–Kier alpha value is -0.890. The third-order valence-corrected chi connectivity index (χ3v) is 1.97. The Bertz CT molecular complexity index is 220. The number of rotatable bonds is 0. The van der Waals surface area contributed by atoms with Gasteiger partial charge in [-0.3, -0.25) is 4.98 Å². The Morgan fingerprint density at radius 2 is 2.00 bits per heavy atom. The van der Waals surface area contributed by atoms with Gasteiger partial charge in [0.25, 0.3) is 0 Å². The highest BCUT2D eigenvalue weighted by molar-refractivity contribution is 5.29. The maximum Gasteiger partial charge on any atom is 0.0303 e. The fourth-order valence-electron chi connectivity index (χ4n) is 1.48. The molecule has 2 N–H and O–H groups in total. The van der Waals surface area contributed by atoms with Gasteiger partial charge >= 0.3 is 0 Å². The Morgan fingerprint density at radius 3 is 2.67 bits per heavy atom. The van der Waals surface area contributed by atoms with Crippen molar-refractivity contribution < 1.29 is 0 Å². The molecule has 2 nitrogen and oxygen atoms in total. The fourth-order valence-corrected chi connectivity index (χ4v) is 1.48. The molecule has 1 heterocycles. The highest BCUT2D eigenvalue weighted by Gasteiger charge is 2.16. The van der Waals surface area contributed by atoms with Crippen LogP contribution in [0.25, 0.3) is 0 Å². The van der Waals surface area contributed by atoms with Crippen LogP contribution in [0.15, 0.2) is 18.5 Å². The van der Waals surface area contributed by atoms with Crippen molar-refractivity contribution >= 4 is 0 Å². The minimum absolute atomic E-state index is 0.333. The molecule has 0 aliphatic heterocycles. The molecule has 2 heteroatoms. The smallest absolute Gasteiger partial charge is 0.0303 e. The van der Waals surface area contributed by atoms with Crippen molar-refractivity contribution in [1.29, 1.82) is 0 Å². The van der Waals surface area contributed by atoms with Gasteiger partial charge < -0.3 is 5.73 Å². The SMILES string of the molecule is CC.NC1Cc2ccncc2C1. The summed E-state index contributed by atoms with van der Waals surface area (Å²) in [6, 6.07) is 2.39. The van der Waals surface area contributed by atoms with Crippen LogP contribution in [0.2, 0.25) is 0 Å². The zero-order chi connectivity index (χ0) is 8.97. The summed E-state index contributed by atoms with van der Waals surface area (Å²) in [6.07, 6.45) is 5.78. The highest BCUT2D eigenvalue weighted by Crippen LogP contribution is 2.18. The second-order valence-corrected chi connectivity index (χ2v) is 2.81. The molecule has 1 aromatic heterocycles. The molecule has 12 heavy (non-hydrogen) atoms. The van der Waals surface area contributed by atoms with Crippen LogP contribution in [-0.4, -0.2) is 11.0 Å².